The summed E-state index contributed by atoms with van der Waals surface area (Å²) in [4.78, 5) is 19.9. The Morgan fingerprint density at radius 1 is 1.17 bits per heavy atom. The third-order valence-corrected chi connectivity index (χ3v) is 6.08. The number of carbonyl (C=O) groups excluding carboxylic acids is 1. The minimum atomic E-state index is -0.448. The van der Waals surface area contributed by atoms with E-state index in [4.69, 9.17) is 19.2 Å². The van der Waals surface area contributed by atoms with Gasteiger partial charge in [0.1, 0.15) is 5.75 Å². The lowest BCUT2D eigenvalue weighted by atomic mass is 10.00. The summed E-state index contributed by atoms with van der Waals surface area (Å²) in [5, 5.41) is 3.81. The van der Waals surface area contributed by atoms with Crippen LogP contribution in [0.25, 0.3) is 22.2 Å². The van der Waals surface area contributed by atoms with Gasteiger partial charge < -0.3 is 19.5 Å². The minimum Gasteiger partial charge on any atom is -0.494 e. The van der Waals surface area contributed by atoms with E-state index in [9.17, 15) is 9.18 Å². The summed E-state index contributed by atoms with van der Waals surface area (Å²) in [6.07, 6.45) is 1.09. The van der Waals surface area contributed by atoms with Crippen LogP contribution in [0.1, 0.15) is 25.8 Å². The number of amides is 1. The Morgan fingerprint density at radius 2 is 1.97 bits per heavy atom. The molecule has 0 atom stereocenters. The van der Waals surface area contributed by atoms with Gasteiger partial charge in [-0.05, 0) is 68.3 Å². The maximum absolute atomic E-state index is 14.0. The van der Waals surface area contributed by atoms with Crippen molar-refractivity contribution in [3.05, 3.63) is 53.8 Å². The molecular formula is C28H34FN3O4. The van der Waals surface area contributed by atoms with Crippen molar-refractivity contribution in [2.45, 2.75) is 32.7 Å². The molecule has 0 bridgehead atoms. The lowest BCUT2D eigenvalue weighted by molar-refractivity contribution is -0.120. The molecular weight excluding hydrogens is 461 g/mol. The van der Waals surface area contributed by atoms with Gasteiger partial charge in [0.05, 0.1) is 44.6 Å². The number of nitrogens with one attached hydrogen (secondary N) is 1. The zero-order chi connectivity index (χ0) is 25.5. The van der Waals surface area contributed by atoms with Gasteiger partial charge >= 0.3 is 0 Å². The summed E-state index contributed by atoms with van der Waals surface area (Å²) in [7, 11) is 1.43. The topological polar surface area (TPSA) is 72.9 Å². The summed E-state index contributed by atoms with van der Waals surface area (Å²) in [6, 6.07) is 12.4. The van der Waals surface area contributed by atoms with E-state index < -0.39 is 5.82 Å². The van der Waals surface area contributed by atoms with E-state index >= 15 is 0 Å². The van der Waals surface area contributed by atoms with Crippen LogP contribution in [0.15, 0.2) is 42.5 Å². The van der Waals surface area contributed by atoms with Gasteiger partial charge in [0.15, 0.2) is 11.6 Å². The second-order valence-corrected chi connectivity index (χ2v) is 9.25. The molecule has 0 radical (unpaired) electrons. The van der Waals surface area contributed by atoms with Crippen LogP contribution in [-0.2, 0) is 16.0 Å². The summed E-state index contributed by atoms with van der Waals surface area (Å²) in [6.45, 7) is 8.97. The number of benzene rings is 2. The summed E-state index contributed by atoms with van der Waals surface area (Å²) in [5.41, 5.74) is 2.82. The van der Waals surface area contributed by atoms with Gasteiger partial charge in [-0.15, -0.1) is 0 Å². The number of carbonyl (C=O) groups is 1. The molecule has 1 aliphatic heterocycles. The van der Waals surface area contributed by atoms with Crippen LogP contribution < -0.4 is 14.8 Å². The molecule has 2 aromatic carbocycles. The molecule has 7 nitrogen and oxygen atoms in total. The fourth-order valence-corrected chi connectivity index (χ4v) is 4.33. The molecule has 1 aromatic heterocycles. The van der Waals surface area contributed by atoms with Crippen LogP contribution in [0, 0.1) is 5.82 Å². The Labute approximate surface area is 211 Å². The number of hydrogen-bond acceptors (Lipinski definition) is 6. The molecule has 192 valence electrons. The molecule has 0 aliphatic carbocycles. The van der Waals surface area contributed by atoms with E-state index in [2.05, 4.69) is 10.2 Å². The zero-order valence-electron chi connectivity index (χ0n) is 21.2. The van der Waals surface area contributed by atoms with E-state index in [1.807, 2.05) is 38.1 Å². The summed E-state index contributed by atoms with van der Waals surface area (Å²) in [5.74, 6) is 0.349. The first-order valence-corrected chi connectivity index (χ1v) is 12.4. The third kappa shape index (κ3) is 6.71. The SMILES string of the molecule is COc1cc(-c2nc3ccc(OCCCN4CCOCC4)cc3cc2CC(=O)NC(C)C)ccc1F. The van der Waals surface area contributed by atoms with Crippen molar-refractivity contribution in [2.75, 3.05) is 46.6 Å². The molecule has 0 spiro atoms. The Bertz CT molecular complexity index is 1190. The lowest BCUT2D eigenvalue weighted by Crippen LogP contribution is -2.37. The first kappa shape index (κ1) is 25.9. The highest BCUT2D eigenvalue weighted by atomic mass is 19.1. The maximum atomic E-state index is 14.0. The van der Waals surface area contributed by atoms with Crippen LogP contribution in [0.5, 0.6) is 11.5 Å². The van der Waals surface area contributed by atoms with E-state index in [1.165, 1.54) is 13.2 Å². The molecule has 4 rings (SSSR count). The third-order valence-electron chi connectivity index (χ3n) is 6.08. The second kappa shape index (κ2) is 12.1. The van der Waals surface area contributed by atoms with Gasteiger partial charge in [0.2, 0.25) is 5.91 Å². The number of rotatable bonds is 10. The fraction of sp³-hybridized carbons (Fsp3) is 0.429. The Balaban J connectivity index is 1.57. The second-order valence-electron chi connectivity index (χ2n) is 9.25. The van der Waals surface area contributed by atoms with E-state index in [0.717, 1.165) is 61.5 Å². The molecule has 1 fully saturated rings. The predicted molar refractivity (Wildman–Crippen MR) is 138 cm³/mol. The molecule has 3 aromatic rings. The zero-order valence-corrected chi connectivity index (χ0v) is 21.2. The van der Waals surface area contributed by atoms with Crippen LogP contribution in [0.3, 0.4) is 0 Å². The molecule has 2 heterocycles. The van der Waals surface area contributed by atoms with Crippen molar-refractivity contribution < 1.29 is 23.4 Å². The number of methoxy groups -OCH3 is 1. The number of hydrogen-bond donors (Lipinski definition) is 1. The molecule has 8 heteroatoms. The smallest absolute Gasteiger partial charge is 0.224 e. The summed E-state index contributed by atoms with van der Waals surface area (Å²) < 4.78 is 30.6. The van der Waals surface area contributed by atoms with Gasteiger partial charge in [-0.1, -0.05) is 0 Å². The van der Waals surface area contributed by atoms with Crippen LogP contribution in [0.2, 0.25) is 0 Å². The minimum absolute atomic E-state index is 0.0257. The number of morpholine rings is 1. The van der Waals surface area contributed by atoms with Crippen molar-refractivity contribution in [1.29, 1.82) is 0 Å². The van der Waals surface area contributed by atoms with Crippen LogP contribution >= 0.6 is 0 Å². The quantitative estimate of drug-likeness (QED) is 0.425. The number of aromatic nitrogens is 1. The van der Waals surface area contributed by atoms with Crippen LogP contribution in [0.4, 0.5) is 4.39 Å². The van der Waals surface area contributed by atoms with Gasteiger partial charge in [-0.2, -0.15) is 0 Å². The largest absolute Gasteiger partial charge is 0.494 e. The predicted octanol–water partition coefficient (Wildman–Crippen LogP) is 4.22. The van der Waals surface area contributed by atoms with Crippen LogP contribution in [-0.4, -0.2) is 68.4 Å². The van der Waals surface area contributed by atoms with Crippen molar-refractivity contribution >= 4 is 16.8 Å². The van der Waals surface area contributed by atoms with Crippen molar-refractivity contribution in [1.82, 2.24) is 15.2 Å². The Hall–Kier alpha value is -3.23. The van der Waals surface area contributed by atoms with E-state index in [-0.39, 0.29) is 24.1 Å². The Kier molecular flexibility index (Phi) is 8.72. The fourth-order valence-electron chi connectivity index (χ4n) is 4.33. The molecule has 1 saturated heterocycles. The van der Waals surface area contributed by atoms with E-state index in [1.54, 1.807) is 12.1 Å². The average Bonchev–Trinajstić information content (AvgIpc) is 2.86. The molecule has 1 amide bonds. The highest BCUT2D eigenvalue weighted by molar-refractivity contribution is 5.88. The lowest BCUT2D eigenvalue weighted by Gasteiger charge is -2.26. The van der Waals surface area contributed by atoms with Gasteiger partial charge in [-0.25, -0.2) is 9.37 Å². The van der Waals surface area contributed by atoms with Gasteiger partial charge in [0.25, 0.3) is 0 Å². The number of pyridine rings is 1. The van der Waals surface area contributed by atoms with Crippen molar-refractivity contribution in [3.63, 3.8) is 0 Å². The van der Waals surface area contributed by atoms with Gasteiger partial charge in [0, 0.05) is 36.6 Å². The normalized spacial score (nSPS) is 14.2. The highest BCUT2D eigenvalue weighted by Gasteiger charge is 2.16. The van der Waals surface area contributed by atoms with E-state index in [0.29, 0.717) is 17.9 Å². The number of halogens is 1. The van der Waals surface area contributed by atoms with Crippen molar-refractivity contribution in [3.8, 4) is 22.8 Å². The molecule has 1 aliphatic rings. The molecule has 0 unspecified atom stereocenters. The Morgan fingerprint density at radius 3 is 2.72 bits per heavy atom. The molecule has 0 saturated carbocycles. The first-order chi connectivity index (χ1) is 17.4. The molecule has 1 N–H and O–H groups in total. The number of fused-ring (bicyclic) bond motifs is 1. The average molecular weight is 496 g/mol. The van der Waals surface area contributed by atoms with Crippen molar-refractivity contribution in [2.24, 2.45) is 0 Å². The highest BCUT2D eigenvalue weighted by Crippen LogP contribution is 2.31. The maximum Gasteiger partial charge on any atom is 0.224 e. The van der Waals surface area contributed by atoms with Gasteiger partial charge in [-0.3, -0.25) is 9.69 Å². The monoisotopic (exact) mass is 495 g/mol. The first-order valence-electron chi connectivity index (χ1n) is 12.4. The standard InChI is InChI=1S/C28H34FN3O4/c1-19(2)30-27(33)18-22-15-21-16-23(36-12-4-9-32-10-13-35-14-11-32)6-8-25(21)31-28(22)20-5-7-24(29)26(17-20)34-3/h5-8,15-17,19H,4,9-14,18H2,1-3H3,(H,30,33). The number of nitrogens with zero attached hydrogens (tertiary/aromatic N) is 2. The number of ether oxygens (including phenoxy) is 3. The summed E-state index contributed by atoms with van der Waals surface area (Å²) >= 11 is 0. The molecule has 36 heavy (non-hydrogen) atoms.